The van der Waals surface area contributed by atoms with E-state index in [1.165, 1.54) is 10.3 Å². The Morgan fingerprint density at radius 2 is 2.33 bits per heavy atom. The van der Waals surface area contributed by atoms with Gasteiger partial charge in [-0.2, -0.15) is 4.68 Å². The first-order chi connectivity index (χ1) is 8.56. The molecule has 0 unspecified atom stereocenters. The maximum Gasteiger partial charge on any atom is 0.437 e. The van der Waals surface area contributed by atoms with Gasteiger partial charge in [-0.3, -0.25) is 0 Å². The Morgan fingerprint density at radius 3 is 2.78 bits per heavy atom. The predicted molar refractivity (Wildman–Crippen MR) is 71.2 cm³/mol. The van der Waals surface area contributed by atoms with Gasteiger partial charge >= 0.3 is 5.76 Å². The largest absolute Gasteiger partial charge is 0.437 e. The second kappa shape index (κ2) is 5.49. The van der Waals surface area contributed by atoms with E-state index >= 15 is 0 Å². The highest BCUT2D eigenvalue weighted by Gasteiger charge is 2.36. The van der Waals surface area contributed by atoms with Crippen LogP contribution in [0.4, 0.5) is 0 Å². The summed E-state index contributed by atoms with van der Waals surface area (Å²) >= 11 is 11.7. The molecule has 0 spiro atoms. The molecule has 1 aliphatic carbocycles. The first-order valence-corrected chi connectivity index (χ1v) is 6.98. The summed E-state index contributed by atoms with van der Waals surface area (Å²) in [5.74, 6) is 0.421. The minimum absolute atomic E-state index is 0.0355. The van der Waals surface area contributed by atoms with Gasteiger partial charge in [0, 0.05) is 0 Å². The summed E-state index contributed by atoms with van der Waals surface area (Å²) in [5, 5.41) is 4.10. The molecular formula is C12H16Cl2N2O2. The molecule has 1 fully saturated rings. The third-order valence-corrected chi connectivity index (χ3v) is 3.93. The van der Waals surface area contributed by atoms with Crippen molar-refractivity contribution in [3.05, 3.63) is 28.1 Å². The molecule has 1 aromatic rings. The monoisotopic (exact) mass is 290 g/mol. The van der Waals surface area contributed by atoms with Gasteiger partial charge in [-0.05, 0) is 32.6 Å². The second-order valence-corrected chi connectivity index (χ2v) is 5.49. The Balaban J connectivity index is 2.04. The van der Waals surface area contributed by atoms with Crippen molar-refractivity contribution in [1.82, 2.24) is 9.78 Å². The summed E-state index contributed by atoms with van der Waals surface area (Å²) in [6, 6.07) is 0.105. The molecule has 0 N–H and O–H groups in total. The van der Waals surface area contributed by atoms with E-state index in [0.29, 0.717) is 5.92 Å². The standard InChI is InChI=1S/C12H16Cl2N2O2/c1-3-10(7(2)14)8-4-9(5-8)16-12(17)18-11(6-13)15-16/h3,7-9H,4-6H2,1-2H3/b10-3+/t7-,8?,9?/m1/s1. The summed E-state index contributed by atoms with van der Waals surface area (Å²) in [4.78, 5) is 11.5. The molecule has 4 nitrogen and oxygen atoms in total. The van der Waals surface area contributed by atoms with Gasteiger partial charge in [-0.25, -0.2) is 4.79 Å². The molecule has 0 amide bonds. The average molecular weight is 291 g/mol. The van der Waals surface area contributed by atoms with Crippen molar-refractivity contribution >= 4 is 23.2 Å². The van der Waals surface area contributed by atoms with Crippen LogP contribution >= 0.6 is 23.2 Å². The average Bonchev–Trinajstić information content (AvgIpc) is 2.63. The Bertz CT molecular complexity index is 498. The van der Waals surface area contributed by atoms with Crippen LogP contribution in [0.15, 0.2) is 20.9 Å². The molecule has 100 valence electrons. The number of aromatic nitrogens is 2. The Labute approximate surface area is 116 Å². The van der Waals surface area contributed by atoms with Gasteiger partial charge in [-0.1, -0.05) is 11.6 Å². The van der Waals surface area contributed by atoms with E-state index in [4.69, 9.17) is 27.6 Å². The molecule has 0 bridgehead atoms. The quantitative estimate of drug-likeness (QED) is 0.632. The van der Waals surface area contributed by atoms with Crippen molar-refractivity contribution in [2.24, 2.45) is 5.92 Å². The van der Waals surface area contributed by atoms with Crippen LogP contribution in [0, 0.1) is 5.92 Å². The van der Waals surface area contributed by atoms with Crippen molar-refractivity contribution < 1.29 is 4.42 Å². The molecule has 0 radical (unpaired) electrons. The summed E-state index contributed by atoms with van der Waals surface area (Å²) < 4.78 is 6.32. The fraction of sp³-hybridized carbons (Fsp3) is 0.667. The van der Waals surface area contributed by atoms with Crippen molar-refractivity contribution in [3.8, 4) is 0 Å². The highest BCUT2D eigenvalue weighted by Crippen LogP contribution is 2.43. The van der Waals surface area contributed by atoms with Crippen molar-refractivity contribution in [3.63, 3.8) is 0 Å². The maximum absolute atomic E-state index is 11.5. The molecule has 6 heteroatoms. The predicted octanol–water partition coefficient (Wildman–Crippen LogP) is 3.10. The van der Waals surface area contributed by atoms with E-state index in [-0.39, 0.29) is 23.2 Å². The van der Waals surface area contributed by atoms with Crippen LogP contribution in [0.5, 0.6) is 0 Å². The summed E-state index contributed by atoms with van der Waals surface area (Å²) in [7, 11) is 0. The second-order valence-electron chi connectivity index (χ2n) is 4.57. The Morgan fingerprint density at radius 1 is 1.67 bits per heavy atom. The van der Waals surface area contributed by atoms with Crippen LogP contribution in [0.2, 0.25) is 0 Å². The van der Waals surface area contributed by atoms with Gasteiger partial charge in [-0.15, -0.1) is 28.3 Å². The lowest BCUT2D eigenvalue weighted by molar-refractivity contribution is 0.201. The van der Waals surface area contributed by atoms with Gasteiger partial charge in [0.2, 0.25) is 5.89 Å². The first-order valence-electron chi connectivity index (χ1n) is 6.01. The molecule has 1 atom stereocenters. The molecule has 1 heterocycles. The molecule has 1 aliphatic rings. The molecule has 18 heavy (non-hydrogen) atoms. The summed E-state index contributed by atoms with van der Waals surface area (Å²) in [5.41, 5.74) is 1.24. The molecule has 0 saturated heterocycles. The summed E-state index contributed by atoms with van der Waals surface area (Å²) in [6.45, 7) is 3.97. The summed E-state index contributed by atoms with van der Waals surface area (Å²) in [6.07, 6.45) is 3.82. The molecule has 2 rings (SSSR count). The number of rotatable bonds is 4. The molecule has 0 aliphatic heterocycles. The number of allylic oxidation sites excluding steroid dienone is 2. The number of halogens is 2. The van der Waals surface area contributed by atoms with Gasteiger partial charge < -0.3 is 4.42 Å². The van der Waals surface area contributed by atoms with Gasteiger partial charge in [0.1, 0.15) is 5.88 Å². The topological polar surface area (TPSA) is 48.0 Å². The van der Waals surface area contributed by atoms with E-state index in [9.17, 15) is 4.79 Å². The van der Waals surface area contributed by atoms with Crippen LogP contribution in [0.1, 0.15) is 38.6 Å². The zero-order valence-corrected chi connectivity index (χ0v) is 11.9. The smallest absolute Gasteiger partial charge is 0.391 e. The Hall–Kier alpha value is -0.740. The van der Waals surface area contributed by atoms with Crippen LogP contribution in [0.25, 0.3) is 0 Å². The van der Waals surface area contributed by atoms with Gasteiger partial charge in [0.15, 0.2) is 0 Å². The lowest BCUT2D eigenvalue weighted by atomic mass is 9.74. The van der Waals surface area contributed by atoms with E-state index in [0.717, 1.165) is 12.8 Å². The van der Waals surface area contributed by atoms with E-state index < -0.39 is 5.76 Å². The number of hydrogen-bond donors (Lipinski definition) is 0. The van der Waals surface area contributed by atoms with Gasteiger partial charge in [0.25, 0.3) is 0 Å². The zero-order valence-electron chi connectivity index (χ0n) is 10.4. The minimum Gasteiger partial charge on any atom is -0.391 e. The lowest BCUT2D eigenvalue weighted by Crippen LogP contribution is -2.35. The zero-order chi connectivity index (χ0) is 13.3. The van der Waals surface area contributed by atoms with Crippen molar-refractivity contribution in [1.29, 1.82) is 0 Å². The van der Waals surface area contributed by atoms with E-state index in [1.807, 2.05) is 13.8 Å². The van der Waals surface area contributed by atoms with Crippen LogP contribution < -0.4 is 5.76 Å². The Kier molecular flexibility index (Phi) is 4.17. The lowest BCUT2D eigenvalue weighted by Gasteiger charge is -2.37. The van der Waals surface area contributed by atoms with Crippen molar-refractivity contribution in [2.75, 3.05) is 0 Å². The SMILES string of the molecule is C/C=C(/C1CC(n2nc(CCl)oc2=O)C1)[C@@H](C)Cl. The van der Waals surface area contributed by atoms with Crippen LogP contribution in [0.3, 0.4) is 0 Å². The van der Waals surface area contributed by atoms with Gasteiger partial charge in [0.05, 0.1) is 11.4 Å². The van der Waals surface area contributed by atoms with Crippen LogP contribution in [-0.4, -0.2) is 15.2 Å². The molecule has 1 saturated carbocycles. The number of hydrogen-bond acceptors (Lipinski definition) is 3. The molecule has 0 aromatic carbocycles. The highest BCUT2D eigenvalue weighted by atomic mass is 35.5. The third kappa shape index (κ3) is 2.50. The maximum atomic E-state index is 11.5. The fourth-order valence-corrected chi connectivity index (χ4v) is 2.88. The number of nitrogens with zero attached hydrogens (tertiary/aromatic N) is 2. The van der Waals surface area contributed by atoms with E-state index in [2.05, 4.69) is 11.2 Å². The van der Waals surface area contributed by atoms with Crippen LogP contribution in [-0.2, 0) is 5.88 Å². The first kappa shape index (κ1) is 13.7. The van der Waals surface area contributed by atoms with Crippen molar-refractivity contribution in [2.45, 2.75) is 44.0 Å². The fourth-order valence-electron chi connectivity index (χ4n) is 2.46. The third-order valence-electron chi connectivity index (χ3n) is 3.45. The number of alkyl halides is 2. The normalized spacial score (nSPS) is 25.9. The molecular weight excluding hydrogens is 275 g/mol. The minimum atomic E-state index is -0.421. The van der Waals surface area contributed by atoms with E-state index in [1.54, 1.807) is 0 Å². The highest BCUT2D eigenvalue weighted by molar-refractivity contribution is 6.22. The molecule has 1 aromatic heterocycles.